The maximum atomic E-state index is 13.9. The van der Waals surface area contributed by atoms with E-state index >= 15 is 0 Å². The highest BCUT2D eigenvalue weighted by molar-refractivity contribution is 7.90. The number of piperazine rings is 1. The average Bonchev–Trinajstić information content (AvgIpc) is 2.72. The van der Waals surface area contributed by atoms with Crippen LogP contribution in [0.4, 0.5) is 10.1 Å². The number of halogens is 1. The molecule has 164 valence electrons. The Balaban J connectivity index is 1.80. The number of benzene rings is 2. The molecular weight excluding hydrogens is 421 g/mol. The Kier molecular flexibility index (Phi) is 6.51. The van der Waals surface area contributed by atoms with E-state index in [2.05, 4.69) is 0 Å². The molecule has 1 saturated heterocycles. The first-order valence-electron chi connectivity index (χ1n) is 9.85. The van der Waals surface area contributed by atoms with Crippen molar-refractivity contribution >= 4 is 21.4 Å². The molecule has 0 saturated carbocycles. The van der Waals surface area contributed by atoms with E-state index in [-0.39, 0.29) is 28.0 Å². The van der Waals surface area contributed by atoms with Crippen molar-refractivity contribution in [2.75, 3.05) is 37.3 Å². The molecule has 3 rings (SSSR count). The quantitative estimate of drug-likeness (QED) is 0.703. The topological polar surface area (TPSA) is 90.7 Å². The average molecular weight is 446 g/mol. The fraction of sp³-hybridized carbons (Fsp3) is 0.364. The fourth-order valence-corrected chi connectivity index (χ4v) is 4.04. The normalized spacial score (nSPS) is 14.5. The van der Waals surface area contributed by atoms with Crippen molar-refractivity contribution in [2.45, 2.75) is 24.8 Å². The minimum atomic E-state index is -3.48. The van der Waals surface area contributed by atoms with Gasteiger partial charge in [-0.1, -0.05) is 0 Å². The fourth-order valence-electron chi connectivity index (χ4n) is 3.39. The summed E-state index contributed by atoms with van der Waals surface area (Å²) in [4.78, 5) is 16.8. The molecule has 0 aliphatic carbocycles. The number of sulfone groups is 1. The molecule has 0 unspecified atom stereocenters. The Hall–Kier alpha value is -3.12. The number of carbonyl (C=O) groups is 1. The minimum absolute atomic E-state index is 0.0130. The molecule has 0 N–H and O–H groups in total. The second-order valence-electron chi connectivity index (χ2n) is 7.65. The summed E-state index contributed by atoms with van der Waals surface area (Å²) < 4.78 is 43.6. The summed E-state index contributed by atoms with van der Waals surface area (Å²) >= 11 is 0. The molecule has 0 spiro atoms. The van der Waals surface area contributed by atoms with Gasteiger partial charge in [-0.15, -0.1) is 0 Å². The standard InChI is InChI=1S/C22H24FN3O4S/c1-15(2)30-21-7-6-18(31(3,28)29)13-19(21)22(27)26-10-8-25(9-11-26)17-5-4-16(14-24)20(23)12-17/h4-7,12-13,15H,8-11H2,1-3H3. The predicted molar refractivity (Wildman–Crippen MR) is 115 cm³/mol. The van der Waals surface area contributed by atoms with Gasteiger partial charge in [-0.3, -0.25) is 4.79 Å². The van der Waals surface area contributed by atoms with Crippen LogP contribution in [0.5, 0.6) is 5.75 Å². The van der Waals surface area contributed by atoms with Gasteiger partial charge < -0.3 is 14.5 Å². The molecule has 1 aliphatic rings. The predicted octanol–water partition coefficient (Wildman–Crippen LogP) is 2.85. The number of nitrogens with zero attached hydrogens (tertiary/aromatic N) is 3. The SMILES string of the molecule is CC(C)Oc1ccc(S(C)(=O)=O)cc1C(=O)N1CCN(c2ccc(C#N)c(F)c2)CC1. The Bertz CT molecular complexity index is 1130. The Morgan fingerprint density at radius 1 is 1.13 bits per heavy atom. The summed E-state index contributed by atoms with van der Waals surface area (Å²) in [6.07, 6.45) is 0.911. The lowest BCUT2D eigenvalue weighted by Crippen LogP contribution is -2.49. The van der Waals surface area contributed by atoms with Crippen molar-refractivity contribution in [2.24, 2.45) is 0 Å². The molecule has 0 atom stereocenters. The molecule has 0 bridgehead atoms. The molecule has 31 heavy (non-hydrogen) atoms. The zero-order valence-corrected chi connectivity index (χ0v) is 18.4. The van der Waals surface area contributed by atoms with E-state index in [1.165, 1.54) is 30.3 Å². The minimum Gasteiger partial charge on any atom is -0.490 e. The monoisotopic (exact) mass is 445 g/mol. The second-order valence-corrected chi connectivity index (χ2v) is 9.67. The van der Waals surface area contributed by atoms with Gasteiger partial charge in [-0.05, 0) is 50.2 Å². The van der Waals surface area contributed by atoms with Crippen molar-refractivity contribution in [1.29, 1.82) is 5.26 Å². The van der Waals surface area contributed by atoms with Crippen LogP contribution in [-0.4, -0.2) is 57.8 Å². The van der Waals surface area contributed by atoms with Gasteiger partial charge in [0.15, 0.2) is 9.84 Å². The molecule has 9 heteroatoms. The molecule has 0 radical (unpaired) electrons. The van der Waals surface area contributed by atoms with Crippen LogP contribution in [0.3, 0.4) is 0 Å². The van der Waals surface area contributed by atoms with Gasteiger partial charge in [0.25, 0.3) is 5.91 Å². The number of nitriles is 1. The summed E-state index contributed by atoms with van der Waals surface area (Å²) in [5, 5.41) is 8.87. The van der Waals surface area contributed by atoms with Crippen molar-refractivity contribution < 1.29 is 22.3 Å². The van der Waals surface area contributed by atoms with Crippen molar-refractivity contribution in [3.05, 3.63) is 53.3 Å². The van der Waals surface area contributed by atoms with E-state index in [1.807, 2.05) is 18.7 Å². The Morgan fingerprint density at radius 3 is 2.35 bits per heavy atom. The van der Waals surface area contributed by atoms with E-state index in [0.717, 1.165) is 6.26 Å². The van der Waals surface area contributed by atoms with Crippen LogP contribution in [0.1, 0.15) is 29.8 Å². The summed E-state index contributed by atoms with van der Waals surface area (Å²) in [7, 11) is -3.48. The van der Waals surface area contributed by atoms with E-state index in [9.17, 15) is 17.6 Å². The highest BCUT2D eigenvalue weighted by Crippen LogP contribution is 2.27. The zero-order chi connectivity index (χ0) is 22.8. The van der Waals surface area contributed by atoms with E-state index in [1.54, 1.807) is 17.0 Å². The Labute approximate surface area is 181 Å². The number of hydrogen-bond acceptors (Lipinski definition) is 6. The van der Waals surface area contributed by atoms with Crippen LogP contribution in [0, 0.1) is 17.1 Å². The van der Waals surface area contributed by atoms with Crippen LogP contribution in [0.25, 0.3) is 0 Å². The molecular formula is C22H24FN3O4S. The van der Waals surface area contributed by atoms with Gasteiger partial charge in [-0.25, -0.2) is 12.8 Å². The van der Waals surface area contributed by atoms with Gasteiger partial charge in [0.2, 0.25) is 0 Å². The third-order valence-corrected chi connectivity index (χ3v) is 6.09. The maximum absolute atomic E-state index is 13.9. The van der Waals surface area contributed by atoms with Crippen LogP contribution in [0.2, 0.25) is 0 Å². The summed E-state index contributed by atoms with van der Waals surface area (Å²) in [5.41, 5.74) is 0.835. The first-order valence-corrected chi connectivity index (χ1v) is 11.7. The van der Waals surface area contributed by atoms with Gasteiger partial charge in [-0.2, -0.15) is 5.26 Å². The number of ether oxygens (including phenoxy) is 1. The number of rotatable bonds is 5. The van der Waals surface area contributed by atoms with Gasteiger partial charge in [0, 0.05) is 38.1 Å². The zero-order valence-electron chi connectivity index (χ0n) is 17.6. The largest absolute Gasteiger partial charge is 0.490 e. The first kappa shape index (κ1) is 22.6. The number of amides is 1. The Morgan fingerprint density at radius 2 is 1.81 bits per heavy atom. The van der Waals surface area contributed by atoms with Crippen LogP contribution < -0.4 is 9.64 Å². The first-order chi connectivity index (χ1) is 14.6. The van der Waals surface area contributed by atoms with E-state index < -0.39 is 15.7 Å². The third kappa shape index (κ3) is 5.14. The van der Waals surface area contributed by atoms with Crippen molar-refractivity contribution in [1.82, 2.24) is 4.90 Å². The summed E-state index contributed by atoms with van der Waals surface area (Å²) in [6, 6.07) is 10.5. The molecule has 1 heterocycles. The lowest BCUT2D eigenvalue weighted by atomic mass is 10.1. The molecule has 2 aromatic carbocycles. The van der Waals surface area contributed by atoms with Crippen molar-refractivity contribution in [3.63, 3.8) is 0 Å². The molecule has 1 aliphatic heterocycles. The molecule has 0 aromatic heterocycles. The lowest BCUT2D eigenvalue weighted by Gasteiger charge is -2.36. The van der Waals surface area contributed by atoms with Gasteiger partial charge >= 0.3 is 0 Å². The lowest BCUT2D eigenvalue weighted by molar-refractivity contribution is 0.0740. The molecule has 1 amide bonds. The smallest absolute Gasteiger partial charge is 0.257 e. The van der Waals surface area contributed by atoms with E-state index in [0.29, 0.717) is 37.6 Å². The molecule has 1 fully saturated rings. The highest BCUT2D eigenvalue weighted by Gasteiger charge is 2.26. The van der Waals surface area contributed by atoms with E-state index in [4.69, 9.17) is 10.00 Å². The summed E-state index contributed by atoms with van der Waals surface area (Å²) in [6.45, 7) is 5.37. The second kappa shape index (κ2) is 8.94. The van der Waals surface area contributed by atoms with Crippen molar-refractivity contribution in [3.8, 4) is 11.8 Å². The summed E-state index contributed by atoms with van der Waals surface area (Å²) in [5.74, 6) is -0.553. The van der Waals surface area contributed by atoms with Gasteiger partial charge in [0.1, 0.15) is 17.6 Å². The van der Waals surface area contributed by atoms with Crippen LogP contribution in [-0.2, 0) is 9.84 Å². The van der Waals surface area contributed by atoms with Crippen LogP contribution in [0.15, 0.2) is 41.3 Å². The molecule has 7 nitrogen and oxygen atoms in total. The van der Waals surface area contributed by atoms with Gasteiger partial charge in [0.05, 0.1) is 22.1 Å². The maximum Gasteiger partial charge on any atom is 0.257 e. The number of carbonyl (C=O) groups excluding carboxylic acids is 1. The number of anilines is 1. The molecule has 2 aromatic rings. The highest BCUT2D eigenvalue weighted by atomic mass is 32.2. The number of hydrogen-bond donors (Lipinski definition) is 0. The van der Waals surface area contributed by atoms with Crippen LogP contribution >= 0.6 is 0 Å². The third-order valence-electron chi connectivity index (χ3n) is 4.98.